The summed E-state index contributed by atoms with van der Waals surface area (Å²) >= 11 is 0. The number of nitrogens with two attached hydrogens (primary N) is 2. The summed E-state index contributed by atoms with van der Waals surface area (Å²) in [5, 5.41) is 0. The van der Waals surface area contributed by atoms with Crippen molar-refractivity contribution in [2.75, 3.05) is 41.7 Å². The summed E-state index contributed by atoms with van der Waals surface area (Å²) in [6, 6.07) is 15.1. The van der Waals surface area contributed by atoms with E-state index in [0.29, 0.717) is 5.95 Å². The molecule has 3 aromatic rings. The summed E-state index contributed by atoms with van der Waals surface area (Å²) in [5.74, 6) is 1.42. The van der Waals surface area contributed by atoms with Gasteiger partial charge in [0.05, 0.1) is 0 Å². The van der Waals surface area contributed by atoms with Gasteiger partial charge < -0.3 is 21.3 Å². The zero-order chi connectivity index (χ0) is 24.6. The van der Waals surface area contributed by atoms with E-state index in [4.69, 9.17) is 15.5 Å². The number of anilines is 3. The molecule has 3 heterocycles. The van der Waals surface area contributed by atoms with Crippen molar-refractivity contribution in [2.24, 2.45) is 5.73 Å². The average molecular weight is 462 g/mol. The zero-order valence-electron chi connectivity index (χ0n) is 20.3. The van der Waals surface area contributed by atoms with Gasteiger partial charge in [0.15, 0.2) is 0 Å². The lowest BCUT2D eigenvalue weighted by Gasteiger charge is -2.38. The number of aromatic nitrogens is 3. The lowest BCUT2D eigenvalue weighted by atomic mass is 9.87. The standard InChI is InChI=1S/C25H32N6.CH3NO/c1-25(2,3)20-7-4-8-22(18-20)30-14-16-31(17-15-30)23-19(6-5-12-27-23)9-10-21-11-13-28-24(26)29-21;2-1-3/h4-8,11-13,18H,9-10,14-17H2,1-3H3,(H2,26,28,29);1H,(H2,2,3). The van der Waals surface area contributed by atoms with E-state index in [1.54, 1.807) is 6.20 Å². The molecule has 0 unspecified atom stereocenters. The molecule has 0 bridgehead atoms. The quantitative estimate of drug-likeness (QED) is 0.561. The Kier molecular flexibility index (Phi) is 8.40. The van der Waals surface area contributed by atoms with Crippen LogP contribution in [0, 0.1) is 0 Å². The number of carbonyl (C=O) groups excluding carboxylic acids is 1. The van der Waals surface area contributed by atoms with Gasteiger partial charge in [-0.25, -0.2) is 15.0 Å². The van der Waals surface area contributed by atoms with Crippen molar-refractivity contribution in [2.45, 2.75) is 39.0 Å². The molecule has 2 aromatic heterocycles. The minimum absolute atomic E-state index is 0.162. The Labute approximate surface area is 202 Å². The number of hydrogen-bond acceptors (Lipinski definition) is 7. The third-order valence-electron chi connectivity index (χ3n) is 5.91. The fourth-order valence-corrected chi connectivity index (χ4v) is 4.07. The third kappa shape index (κ3) is 6.66. The van der Waals surface area contributed by atoms with Crippen LogP contribution in [0.3, 0.4) is 0 Å². The molecule has 1 aliphatic heterocycles. The second kappa shape index (κ2) is 11.4. The monoisotopic (exact) mass is 461 g/mol. The first-order valence-corrected chi connectivity index (χ1v) is 11.6. The van der Waals surface area contributed by atoms with Crippen LogP contribution in [0.5, 0.6) is 0 Å². The maximum absolute atomic E-state index is 8.58. The number of aryl methyl sites for hydroxylation is 2. The Morgan fingerprint density at radius 3 is 2.32 bits per heavy atom. The molecule has 1 amide bonds. The third-order valence-corrected chi connectivity index (χ3v) is 5.91. The van der Waals surface area contributed by atoms with Crippen molar-refractivity contribution in [3.63, 3.8) is 0 Å². The first kappa shape index (κ1) is 25.0. The van der Waals surface area contributed by atoms with Crippen LogP contribution in [0.25, 0.3) is 0 Å². The Morgan fingerprint density at radius 1 is 0.941 bits per heavy atom. The first-order valence-electron chi connectivity index (χ1n) is 11.6. The average Bonchev–Trinajstić information content (AvgIpc) is 2.83. The van der Waals surface area contributed by atoms with Crippen molar-refractivity contribution in [1.29, 1.82) is 0 Å². The molecule has 1 aliphatic rings. The number of nitrogen functional groups attached to an aromatic ring is 1. The van der Waals surface area contributed by atoms with Crippen LogP contribution in [-0.4, -0.2) is 47.5 Å². The molecular formula is C26H35N7O. The van der Waals surface area contributed by atoms with Crippen LogP contribution in [0.2, 0.25) is 0 Å². The molecule has 0 radical (unpaired) electrons. The highest BCUT2D eigenvalue weighted by atomic mass is 16.1. The minimum Gasteiger partial charge on any atom is -0.372 e. The lowest BCUT2D eigenvalue weighted by Crippen LogP contribution is -2.47. The molecule has 34 heavy (non-hydrogen) atoms. The Bertz CT molecular complexity index is 1070. The largest absolute Gasteiger partial charge is 0.372 e. The molecule has 180 valence electrons. The molecule has 1 saturated heterocycles. The molecular weight excluding hydrogens is 426 g/mol. The highest BCUT2D eigenvalue weighted by Crippen LogP contribution is 2.28. The van der Waals surface area contributed by atoms with Crippen LogP contribution in [0.4, 0.5) is 17.5 Å². The van der Waals surface area contributed by atoms with Crippen LogP contribution >= 0.6 is 0 Å². The number of carbonyl (C=O) groups is 1. The second-order valence-electron chi connectivity index (χ2n) is 9.30. The van der Waals surface area contributed by atoms with Gasteiger partial charge in [-0.1, -0.05) is 39.0 Å². The summed E-state index contributed by atoms with van der Waals surface area (Å²) in [6.07, 6.45) is 5.56. The zero-order valence-corrected chi connectivity index (χ0v) is 20.3. The van der Waals surface area contributed by atoms with Gasteiger partial charge in [0.25, 0.3) is 0 Å². The lowest BCUT2D eigenvalue weighted by molar-refractivity contribution is -0.106. The van der Waals surface area contributed by atoms with E-state index >= 15 is 0 Å². The molecule has 8 heteroatoms. The van der Waals surface area contributed by atoms with Gasteiger partial charge in [-0.15, -0.1) is 0 Å². The summed E-state index contributed by atoms with van der Waals surface area (Å²) in [6.45, 7) is 10.7. The maximum atomic E-state index is 8.58. The van der Waals surface area contributed by atoms with Crippen molar-refractivity contribution in [1.82, 2.24) is 15.0 Å². The number of nitrogens with zero attached hydrogens (tertiary/aromatic N) is 5. The van der Waals surface area contributed by atoms with Gasteiger partial charge in [0, 0.05) is 50.0 Å². The van der Waals surface area contributed by atoms with Gasteiger partial charge >= 0.3 is 0 Å². The molecule has 0 atom stereocenters. The number of hydrogen-bond donors (Lipinski definition) is 2. The minimum atomic E-state index is 0.162. The highest BCUT2D eigenvalue weighted by molar-refractivity contribution is 5.53. The van der Waals surface area contributed by atoms with Crippen molar-refractivity contribution < 1.29 is 4.79 Å². The summed E-state index contributed by atoms with van der Waals surface area (Å²) in [4.78, 5) is 26.5. The molecule has 0 saturated carbocycles. The topological polar surface area (TPSA) is 114 Å². The molecule has 8 nitrogen and oxygen atoms in total. The molecule has 4 rings (SSSR count). The normalized spacial score (nSPS) is 13.7. The number of amides is 1. The Morgan fingerprint density at radius 2 is 1.65 bits per heavy atom. The predicted molar refractivity (Wildman–Crippen MR) is 138 cm³/mol. The fourth-order valence-electron chi connectivity index (χ4n) is 4.07. The summed E-state index contributed by atoms with van der Waals surface area (Å²) in [5.41, 5.74) is 15.0. The highest BCUT2D eigenvalue weighted by Gasteiger charge is 2.22. The Hall–Kier alpha value is -3.68. The number of benzene rings is 1. The Balaban J connectivity index is 0.00000103. The summed E-state index contributed by atoms with van der Waals surface area (Å²) in [7, 11) is 0. The van der Waals surface area contributed by atoms with E-state index in [0.717, 1.165) is 50.5 Å². The summed E-state index contributed by atoms with van der Waals surface area (Å²) < 4.78 is 0. The van der Waals surface area contributed by atoms with Crippen molar-refractivity contribution in [3.8, 4) is 0 Å². The fraction of sp³-hybridized carbons (Fsp3) is 0.385. The molecule has 1 aromatic carbocycles. The number of piperazine rings is 1. The number of rotatable bonds is 5. The van der Waals surface area contributed by atoms with Gasteiger partial charge in [0.2, 0.25) is 12.4 Å². The van der Waals surface area contributed by atoms with E-state index in [1.807, 2.05) is 18.3 Å². The SMILES string of the molecule is CC(C)(C)c1cccc(N2CCN(c3ncccc3CCc3ccnc(N)n3)CC2)c1.NC=O. The first-order chi connectivity index (χ1) is 16.3. The molecule has 4 N–H and O–H groups in total. The molecule has 0 spiro atoms. The van der Waals surface area contributed by atoms with E-state index < -0.39 is 0 Å². The van der Waals surface area contributed by atoms with Crippen molar-refractivity contribution >= 4 is 23.9 Å². The maximum Gasteiger partial charge on any atom is 0.220 e. The van der Waals surface area contributed by atoms with Gasteiger partial charge in [-0.3, -0.25) is 4.79 Å². The van der Waals surface area contributed by atoms with Gasteiger partial charge in [-0.2, -0.15) is 0 Å². The number of primary amides is 1. The smallest absolute Gasteiger partial charge is 0.220 e. The predicted octanol–water partition coefficient (Wildman–Crippen LogP) is 2.96. The van der Waals surface area contributed by atoms with Crippen LogP contribution in [0.15, 0.2) is 54.9 Å². The van der Waals surface area contributed by atoms with E-state index in [-0.39, 0.29) is 11.8 Å². The van der Waals surface area contributed by atoms with Gasteiger partial charge in [-0.05, 0) is 53.6 Å². The number of pyridine rings is 1. The second-order valence-corrected chi connectivity index (χ2v) is 9.30. The van der Waals surface area contributed by atoms with E-state index in [2.05, 4.69) is 76.6 Å². The van der Waals surface area contributed by atoms with Crippen LogP contribution in [0.1, 0.15) is 37.6 Å². The van der Waals surface area contributed by atoms with E-state index in [1.165, 1.54) is 16.8 Å². The molecule has 1 fully saturated rings. The van der Waals surface area contributed by atoms with Gasteiger partial charge in [0.1, 0.15) is 5.82 Å². The van der Waals surface area contributed by atoms with E-state index in [9.17, 15) is 0 Å². The molecule has 0 aliphatic carbocycles. The van der Waals surface area contributed by atoms with Crippen LogP contribution < -0.4 is 21.3 Å². The van der Waals surface area contributed by atoms with Crippen molar-refractivity contribution in [3.05, 3.63) is 71.7 Å². The van der Waals surface area contributed by atoms with Crippen LogP contribution in [-0.2, 0) is 23.1 Å².